The van der Waals surface area contributed by atoms with Crippen LogP contribution in [0.4, 0.5) is 14.7 Å². The summed E-state index contributed by atoms with van der Waals surface area (Å²) in [5, 5.41) is 3.07. The molecule has 0 saturated heterocycles. The third-order valence-corrected chi connectivity index (χ3v) is 6.36. The lowest BCUT2D eigenvalue weighted by atomic mass is 10.2. The Morgan fingerprint density at radius 1 is 0.871 bits per heavy atom. The van der Waals surface area contributed by atoms with Gasteiger partial charge in [0.25, 0.3) is 0 Å². The van der Waals surface area contributed by atoms with E-state index in [1.54, 1.807) is 36.4 Å². The molecule has 4 rings (SSSR count). The highest BCUT2D eigenvalue weighted by Gasteiger charge is 2.28. The zero-order valence-electron chi connectivity index (χ0n) is 15.8. The number of aromatic nitrogens is 1. The number of hydrogen-bond donors (Lipinski definition) is 1. The summed E-state index contributed by atoms with van der Waals surface area (Å²) >= 11 is 5.91. The van der Waals surface area contributed by atoms with E-state index in [0.717, 1.165) is 24.3 Å². The van der Waals surface area contributed by atoms with Crippen LogP contribution in [-0.4, -0.2) is 13.4 Å². The first-order valence-electron chi connectivity index (χ1n) is 9.09. The Morgan fingerprint density at radius 2 is 1.45 bits per heavy atom. The number of hydrogen-bond acceptors (Lipinski definition) is 5. The van der Waals surface area contributed by atoms with Crippen molar-refractivity contribution in [3.05, 3.63) is 95.0 Å². The highest BCUT2D eigenvalue weighted by Crippen LogP contribution is 2.33. The van der Waals surface area contributed by atoms with Gasteiger partial charge in [-0.3, -0.25) is 0 Å². The monoisotopic (exact) mass is 460 g/mol. The van der Waals surface area contributed by atoms with E-state index < -0.39 is 15.7 Å². The second kappa shape index (κ2) is 8.49. The SMILES string of the molecule is O=S(=O)(c1ccc(F)cc1)c1nc(-c2ccc(Cl)cc2)oc1NCc1ccc(F)cc1. The van der Waals surface area contributed by atoms with E-state index >= 15 is 0 Å². The summed E-state index contributed by atoms with van der Waals surface area (Å²) in [4.78, 5) is 4.06. The van der Waals surface area contributed by atoms with E-state index in [1.165, 1.54) is 12.1 Å². The molecule has 4 aromatic rings. The maximum atomic E-state index is 13.3. The first-order chi connectivity index (χ1) is 14.8. The van der Waals surface area contributed by atoms with E-state index in [1.807, 2.05) is 0 Å². The number of anilines is 1. The predicted molar refractivity (Wildman–Crippen MR) is 113 cm³/mol. The Kier molecular flexibility index (Phi) is 5.75. The normalized spacial score (nSPS) is 11.5. The number of oxazole rings is 1. The summed E-state index contributed by atoms with van der Waals surface area (Å²) in [5.74, 6) is -0.957. The molecule has 0 spiro atoms. The molecular formula is C22H15ClF2N2O3S. The van der Waals surface area contributed by atoms with Crippen LogP contribution in [0.2, 0.25) is 5.02 Å². The summed E-state index contributed by atoms with van der Waals surface area (Å²) in [7, 11) is -4.11. The van der Waals surface area contributed by atoms with Crippen molar-refractivity contribution >= 4 is 27.3 Å². The molecule has 1 heterocycles. The van der Waals surface area contributed by atoms with E-state index in [4.69, 9.17) is 16.0 Å². The quantitative estimate of drug-likeness (QED) is 0.373. The predicted octanol–water partition coefficient (Wildman–Crippen LogP) is 5.72. The molecule has 9 heteroatoms. The maximum absolute atomic E-state index is 13.3. The maximum Gasteiger partial charge on any atom is 0.234 e. The molecule has 0 atom stereocenters. The number of nitrogens with zero attached hydrogens (tertiary/aromatic N) is 1. The van der Waals surface area contributed by atoms with Crippen molar-refractivity contribution < 1.29 is 21.6 Å². The molecule has 0 saturated carbocycles. The largest absolute Gasteiger partial charge is 0.419 e. The van der Waals surface area contributed by atoms with Crippen molar-refractivity contribution in [3.63, 3.8) is 0 Å². The van der Waals surface area contributed by atoms with Crippen LogP contribution < -0.4 is 5.32 Å². The fourth-order valence-electron chi connectivity index (χ4n) is 2.83. The Balaban J connectivity index is 1.74. The number of rotatable bonds is 6. The Labute approximate surface area is 182 Å². The van der Waals surface area contributed by atoms with Gasteiger partial charge in [-0.1, -0.05) is 23.7 Å². The van der Waals surface area contributed by atoms with Crippen LogP contribution in [0.25, 0.3) is 11.5 Å². The highest BCUT2D eigenvalue weighted by molar-refractivity contribution is 7.91. The standard InChI is InChI=1S/C22H15ClF2N2O3S/c23-16-5-3-15(4-6-16)20-27-22(31(28,29)19-11-9-18(25)10-12-19)21(30-20)26-13-14-1-7-17(24)8-2-14/h1-12,26H,13H2. The van der Waals surface area contributed by atoms with Gasteiger partial charge in [0.1, 0.15) is 11.6 Å². The Morgan fingerprint density at radius 3 is 2.06 bits per heavy atom. The van der Waals surface area contributed by atoms with Gasteiger partial charge in [0.05, 0.1) is 4.90 Å². The van der Waals surface area contributed by atoms with E-state index in [2.05, 4.69) is 10.3 Å². The summed E-state index contributed by atoms with van der Waals surface area (Å²) in [6, 6.07) is 16.7. The molecule has 1 N–H and O–H groups in total. The minimum atomic E-state index is -4.11. The summed E-state index contributed by atoms with van der Waals surface area (Å²) in [5.41, 5.74) is 1.23. The topological polar surface area (TPSA) is 72.2 Å². The van der Waals surface area contributed by atoms with Gasteiger partial charge in [0.2, 0.25) is 26.6 Å². The van der Waals surface area contributed by atoms with Crippen LogP contribution >= 0.6 is 11.6 Å². The van der Waals surface area contributed by atoms with Crippen LogP contribution in [0.15, 0.2) is 87.1 Å². The van der Waals surface area contributed by atoms with Gasteiger partial charge in [-0.2, -0.15) is 4.98 Å². The molecular weight excluding hydrogens is 446 g/mol. The lowest BCUT2D eigenvalue weighted by Gasteiger charge is -2.06. The molecule has 0 unspecified atom stereocenters. The minimum absolute atomic E-state index is 0.0685. The third kappa shape index (κ3) is 4.60. The molecule has 0 amide bonds. The number of benzene rings is 3. The zero-order chi connectivity index (χ0) is 22.0. The van der Waals surface area contributed by atoms with Crippen LogP contribution in [0.3, 0.4) is 0 Å². The molecule has 1 aromatic heterocycles. The van der Waals surface area contributed by atoms with Crippen molar-refractivity contribution in [2.24, 2.45) is 0 Å². The molecule has 0 aliphatic heterocycles. The van der Waals surface area contributed by atoms with Crippen molar-refractivity contribution in [2.75, 3.05) is 5.32 Å². The van der Waals surface area contributed by atoms with Gasteiger partial charge in [0, 0.05) is 17.1 Å². The first-order valence-corrected chi connectivity index (χ1v) is 10.9. The number of nitrogens with one attached hydrogen (secondary N) is 1. The third-order valence-electron chi connectivity index (χ3n) is 4.43. The summed E-state index contributed by atoms with van der Waals surface area (Å²) in [6.07, 6.45) is 0. The van der Waals surface area contributed by atoms with E-state index in [-0.39, 0.29) is 34.1 Å². The average molecular weight is 461 g/mol. The highest BCUT2D eigenvalue weighted by atomic mass is 35.5. The molecule has 0 bridgehead atoms. The lowest BCUT2D eigenvalue weighted by molar-refractivity contribution is 0.576. The van der Waals surface area contributed by atoms with Crippen molar-refractivity contribution in [1.29, 1.82) is 0 Å². The molecule has 0 fully saturated rings. The van der Waals surface area contributed by atoms with Gasteiger partial charge in [-0.15, -0.1) is 0 Å². The molecule has 3 aromatic carbocycles. The first kappa shape index (κ1) is 21.0. The fourth-order valence-corrected chi connectivity index (χ4v) is 4.23. The van der Waals surface area contributed by atoms with Gasteiger partial charge in [-0.05, 0) is 66.2 Å². The van der Waals surface area contributed by atoms with Crippen LogP contribution in [0.5, 0.6) is 0 Å². The summed E-state index contributed by atoms with van der Waals surface area (Å²) in [6.45, 7) is 0.168. The van der Waals surface area contributed by atoms with Crippen molar-refractivity contribution in [1.82, 2.24) is 4.98 Å². The van der Waals surface area contributed by atoms with Gasteiger partial charge in [0.15, 0.2) is 0 Å². The fraction of sp³-hybridized carbons (Fsp3) is 0.0455. The second-order valence-corrected chi connectivity index (χ2v) is 8.90. The van der Waals surface area contributed by atoms with Gasteiger partial charge < -0.3 is 9.73 Å². The Hall–Kier alpha value is -3.23. The molecule has 31 heavy (non-hydrogen) atoms. The summed E-state index contributed by atoms with van der Waals surface area (Å²) < 4.78 is 58.5. The second-order valence-electron chi connectivity index (χ2n) is 6.60. The molecule has 0 aliphatic carbocycles. The van der Waals surface area contributed by atoms with Gasteiger partial charge >= 0.3 is 0 Å². The van der Waals surface area contributed by atoms with E-state index in [9.17, 15) is 17.2 Å². The van der Waals surface area contributed by atoms with Crippen molar-refractivity contribution in [2.45, 2.75) is 16.5 Å². The minimum Gasteiger partial charge on any atom is -0.419 e. The van der Waals surface area contributed by atoms with Crippen LogP contribution in [0.1, 0.15) is 5.56 Å². The zero-order valence-corrected chi connectivity index (χ0v) is 17.4. The smallest absolute Gasteiger partial charge is 0.234 e. The number of halogens is 3. The Bertz CT molecular complexity index is 1300. The molecule has 158 valence electrons. The lowest BCUT2D eigenvalue weighted by Crippen LogP contribution is -2.07. The van der Waals surface area contributed by atoms with Crippen molar-refractivity contribution in [3.8, 4) is 11.5 Å². The van der Waals surface area contributed by atoms with Crippen LogP contribution in [-0.2, 0) is 16.4 Å². The molecule has 5 nitrogen and oxygen atoms in total. The van der Waals surface area contributed by atoms with Crippen LogP contribution in [0, 0.1) is 11.6 Å². The molecule has 0 radical (unpaired) electrons. The average Bonchev–Trinajstić information content (AvgIpc) is 3.19. The molecule has 0 aliphatic rings. The van der Waals surface area contributed by atoms with Gasteiger partial charge in [-0.25, -0.2) is 17.2 Å². The number of sulfone groups is 1. The van der Waals surface area contributed by atoms with E-state index in [0.29, 0.717) is 16.1 Å².